The van der Waals surface area contributed by atoms with Crippen molar-refractivity contribution in [3.63, 3.8) is 0 Å². The first kappa shape index (κ1) is 15.2. The standard InChI is InChI=1S/C18H18N2O3/c21-17(15-9-8-14(11-19-15)13-6-7-13)20-16(18(22)23)10-12-4-2-1-3-5-12/h1-5,8-9,11,13,16H,6-7,10H2,(H,20,21)(H,22,23)/t16-/m1/s1. The maximum Gasteiger partial charge on any atom is 0.326 e. The van der Waals surface area contributed by atoms with Gasteiger partial charge in [-0.15, -0.1) is 0 Å². The van der Waals surface area contributed by atoms with Crippen LogP contribution in [0.25, 0.3) is 0 Å². The molecule has 1 fully saturated rings. The Bertz CT molecular complexity index is 694. The lowest BCUT2D eigenvalue weighted by atomic mass is 10.1. The van der Waals surface area contributed by atoms with Gasteiger partial charge in [0.15, 0.2) is 0 Å². The van der Waals surface area contributed by atoms with Crippen molar-refractivity contribution < 1.29 is 14.7 Å². The third-order valence-electron chi connectivity index (χ3n) is 3.95. The molecule has 1 atom stereocenters. The normalized spacial score (nSPS) is 15.0. The Morgan fingerprint density at radius 2 is 1.91 bits per heavy atom. The molecule has 0 bridgehead atoms. The summed E-state index contributed by atoms with van der Waals surface area (Å²) >= 11 is 0. The Balaban J connectivity index is 1.66. The quantitative estimate of drug-likeness (QED) is 0.858. The molecule has 3 rings (SSSR count). The zero-order valence-electron chi connectivity index (χ0n) is 12.6. The lowest BCUT2D eigenvalue weighted by Crippen LogP contribution is -2.42. The van der Waals surface area contributed by atoms with Crippen molar-refractivity contribution in [2.75, 3.05) is 0 Å². The van der Waals surface area contributed by atoms with E-state index in [1.165, 1.54) is 12.8 Å². The number of aliphatic carboxylic acids is 1. The molecular formula is C18H18N2O3. The van der Waals surface area contributed by atoms with Crippen LogP contribution in [-0.2, 0) is 11.2 Å². The van der Waals surface area contributed by atoms with E-state index in [0.29, 0.717) is 5.92 Å². The Hall–Kier alpha value is -2.69. The lowest BCUT2D eigenvalue weighted by Gasteiger charge is -2.14. The first-order valence-electron chi connectivity index (χ1n) is 7.67. The maximum atomic E-state index is 12.2. The van der Waals surface area contributed by atoms with Crippen LogP contribution >= 0.6 is 0 Å². The summed E-state index contributed by atoms with van der Waals surface area (Å²) in [6.07, 6.45) is 4.29. The maximum absolute atomic E-state index is 12.2. The third-order valence-corrected chi connectivity index (χ3v) is 3.95. The minimum absolute atomic E-state index is 0.238. The van der Waals surface area contributed by atoms with Gasteiger partial charge in [0.2, 0.25) is 0 Å². The highest BCUT2D eigenvalue weighted by Crippen LogP contribution is 2.39. The number of aromatic nitrogens is 1. The molecule has 2 N–H and O–H groups in total. The second kappa shape index (κ2) is 6.60. The Labute approximate surface area is 134 Å². The summed E-state index contributed by atoms with van der Waals surface area (Å²) in [5.74, 6) is -0.947. The summed E-state index contributed by atoms with van der Waals surface area (Å²) in [5.41, 5.74) is 2.24. The number of rotatable bonds is 6. The van der Waals surface area contributed by atoms with Crippen LogP contribution in [0.5, 0.6) is 0 Å². The number of carbonyl (C=O) groups excluding carboxylic acids is 1. The summed E-state index contributed by atoms with van der Waals surface area (Å²) in [5, 5.41) is 11.9. The van der Waals surface area contributed by atoms with Crippen molar-refractivity contribution in [2.45, 2.75) is 31.2 Å². The number of hydrogen-bond donors (Lipinski definition) is 2. The van der Waals surface area contributed by atoms with Crippen LogP contribution in [0.3, 0.4) is 0 Å². The molecule has 0 unspecified atom stereocenters. The number of benzene rings is 1. The number of carboxylic acids is 1. The molecule has 1 amide bonds. The number of hydrogen-bond acceptors (Lipinski definition) is 3. The highest BCUT2D eigenvalue weighted by molar-refractivity contribution is 5.95. The zero-order chi connectivity index (χ0) is 16.2. The van der Waals surface area contributed by atoms with Gasteiger partial charge in [-0.25, -0.2) is 4.79 Å². The van der Waals surface area contributed by atoms with Crippen LogP contribution in [0.4, 0.5) is 0 Å². The van der Waals surface area contributed by atoms with Gasteiger partial charge in [0, 0.05) is 12.6 Å². The Morgan fingerprint density at radius 1 is 1.17 bits per heavy atom. The lowest BCUT2D eigenvalue weighted by molar-refractivity contribution is -0.139. The Kier molecular flexibility index (Phi) is 4.37. The first-order valence-corrected chi connectivity index (χ1v) is 7.67. The molecule has 2 aromatic rings. The highest BCUT2D eigenvalue weighted by Gasteiger charge is 2.25. The number of carbonyl (C=O) groups is 2. The van der Waals surface area contributed by atoms with E-state index in [2.05, 4.69) is 10.3 Å². The van der Waals surface area contributed by atoms with Crippen molar-refractivity contribution >= 4 is 11.9 Å². The first-order chi connectivity index (χ1) is 11.1. The van der Waals surface area contributed by atoms with Crippen molar-refractivity contribution in [1.29, 1.82) is 0 Å². The summed E-state index contributed by atoms with van der Waals surface area (Å²) < 4.78 is 0. The molecule has 0 radical (unpaired) electrons. The summed E-state index contributed by atoms with van der Waals surface area (Å²) in [6, 6.07) is 11.8. The summed E-state index contributed by atoms with van der Waals surface area (Å²) in [4.78, 5) is 27.8. The largest absolute Gasteiger partial charge is 0.480 e. The van der Waals surface area contributed by atoms with Gasteiger partial charge < -0.3 is 10.4 Å². The molecule has 5 nitrogen and oxygen atoms in total. The van der Waals surface area contributed by atoms with E-state index in [1.54, 1.807) is 12.3 Å². The zero-order valence-corrected chi connectivity index (χ0v) is 12.6. The van der Waals surface area contributed by atoms with E-state index in [0.717, 1.165) is 11.1 Å². The molecule has 0 saturated heterocycles. The van der Waals surface area contributed by atoms with Crippen molar-refractivity contribution in [3.8, 4) is 0 Å². The summed E-state index contributed by atoms with van der Waals surface area (Å²) in [7, 11) is 0. The fraction of sp³-hybridized carbons (Fsp3) is 0.278. The third kappa shape index (κ3) is 3.94. The predicted octanol–water partition coefficient (Wildman–Crippen LogP) is 2.38. The fourth-order valence-electron chi connectivity index (χ4n) is 2.48. The molecule has 1 saturated carbocycles. The average Bonchev–Trinajstić information content (AvgIpc) is 3.40. The highest BCUT2D eigenvalue weighted by atomic mass is 16.4. The number of pyridine rings is 1. The van der Waals surface area contributed by atoms with Gasteiger partial charge in [0.25, 0.3) is 5.91 Å². The van der Waals surface area contributed by atoms with Crippen molar-refractivity contribution in [2.24, 2.45) is 0 Å². The van der Waals surface area contributed by atoms with Gasteiger partial charge in [0.05, 0.1) is 0 Å². The fourth-order valence-corrected chi connectivity index (χ4v) is 2.48. The van der Waals surface area contributed by atoms with E-state index in [1.807, 2.05) is 36.4 Å². The van der Waals surface area contributed by atoms with Crippen LogP contribution in [0.1, 0.15) is 40.4 Å². The molecule has 23 heavy (non-hydrogen) atoms. The van der Waals surface area contributed by atoms with Crippen molar-refractivity contribution in [1.82, 2.24) is 10.3 Å². The second-order valence-electron chi connectivity index (χ2n) is 5.81. The number of nitrogens with zero attached hydrogens (tertiary/aromatic N) is 1. The van der Waals surface area contributed by atoms with Crippen LogP contribution < -0.4 is 5.32 Å². The Morgan fingerprint density at radius 3 is 2.48 bits per heavy atom. The van der Waals surface area contributed by atoms with E-state index in [-0.39, 0.29) is 12.1 Å². The monoisotopic (exact) mass is 310 g/mol. The number of nitrogens with one attached hydrogen (secondary N) is 1. The van der Waals surface area contributed by atoms with Crippen molar-refractivity contribution in [3.05, 3.63) is 65.5 Å². The van der Waals surface area contributed by atoms with Crippen LogP contribution in [0, 0.1) is 0 Å². The number of amides is 1. The van der Waals surface area contributed by atoms with Gasteiger partial charge >= 0.3 is 5.97 Å². The molecule has 1 aromatic heterocycles. The van der Waals surface area contributed by atoms with Gasteiger partial charge in [-0.2, -0.15) is 0 Å². The summed E-state index contributed by atoms with van der Waals surface area (Å²) in [6.45, 7) is 0. The SMILES string of the molecule is O=C(N[C@H](Cc1ccccc1)C(=O)O)c1ccc(C2CC2)cn1. The molecule has 0 aliphatic heterocycles. The molecule has 0 spiro atoms. The van der Waals surface area contributed by atoms with Gasteiger partial charge in [-0.1, -0.05) is 36.4 Å². The van der Waals surface area contributed by atoms with Gasteiger partial charge in [-0.05, 0) is 36.0 Å². The minimum Gasteiger partial charge on any atom is -0.480 e. The number of carboxylic acid groups (broad SMARTS) is 1. The molecule has 1 heterocycles. The van der Waals surface area contributed by atoms with Crippen LogP contribution in [0.2, 0.25) is 0 Å². The molecule has 1 aliphatic carbocycles. The van der Waals surface area contributed by atoms with Gasteiger partial charge in [0.1, 0.15) is 11.7 Å². The predicted molar refractivity (Wildman–Crippen MR) is 85.2 cm³/mol. The smallest absolute Gasteiger partial charge is 0.326 e. The van der Waals surface area contributed by atoms with Crippen LogP contribution in [-0.4, -0.2) is 28.0 Å². The molecule has 1 aliphatic rings. The van der Waals surface area contributed by atoms with Crippen LogP contribution in [0.15, 0.2) is 48.7 Å². The minimum atomic E-state index is -1.06. The van der Waals surface area contributed by atoms with E-state index in [9.17, 15) is 14.7 Å². The molecule has 5 heteroatoms. The second-order valence-corrected chi connectivity index (χ2v) is 5.81. The molecule has 1 aromatic carbocycles. The average molecular weight is 310 g/mol. The molecule has 118 valence electrons. The van der Waals surface area contributed by atoms with E-state index in [4.69, 9.17) is 0 Å². The van der Waals surface area contributed by atoms with Gasteiger partial charge in [-0.3, -0.25) is 9.78 Å². The van der Waals surface area contributed by atoms with E-state index >= 15 is 0 Å². The topological polar surface area (TPSA) is 79.3 Å². The van der Waals surface area contributed by atoms with E-state index < -0.39 is 17.9 Å². The molecular weight excluding hydrogens is 292 g/mol.